The highest BCUT2D eigenvalue weighted by molar-refractivity contribution is 5.59. The third-order valence-electron chi connectivity index (χ3n) is 3.94. The third-order valence-corrected chi connectivity index (χ3v) is 3.94. The summed E-state index contributed by atoms with van der Waals surface area (Å²) in [4.78, 5) is 6.82. The molecule has 2 nitrogen and oxygen atoms in total. The molecule has 0 bridgehead atoms. The maximum absolute atomic E-state index is 4.30. The van der Waals surface area contributed by atoms with E-state index in [-0.39, 0.29) is 0 Å². The average Bonchev–Trinajstić information content (AvgIpc) is 2.33. The summed E-state index contributed by atoms with van der Waals surface area (Å²) in [5.74, 6) is 0.899. The Morgan fingerprint density at radius 2 is 2.25 bits per heavy atom. The van der Waals surface area contributed by atoms with Gasteiger partial charge in [-0.1, -0.05) is 18.6 Å². The van der Waals surface area contributed by atoms with Crippen LogP contribution in [0.3, 0.4) is 0 Å². The van der Waals surface area contributed by atoms with Crippen molar-refractivity contribution in [3.05, 3.63) is 11.6 Å². The van der Waals surface area contributed by atoms with E-state index in [1.807, 2.05) is 0 Å². The first-order valence-electron chi connectivity index (χ1n) is 6.62. The van der Waals surface area contributed by atoms with Crippen LogP contribution in [0.5, 0.6) is 0 Å². The molecule has 1 heterocycles. The molecule has 2 rings (SSSR count). The number of nitrogens with zero attached hydrogens (tertiary/aromatic N) is 2. The number of hydrogen-bond acceptors (Lipinski definition) is 2. The third kappa shape index (κ3) is 3.18. The highest BCUT2D eigenvalue weighted by atomic mass is 15.1. The van der Waals surface area contributed by atoms with Crippen LogP contribution in [0.25, 0.3) is 0 Å². The van der Waals surface area contributed by atoms with Gasteiger partial charge < -0.3 is 0 Å². The van der Waals surface area contributed by atoms with Crippen LogP contribution in [0.1, 0.15) is 39.0 Å². The van der Waals surface area contributed by atoms with Crippen molar-refractivity contribution >= 4 is 6.21 Å². The molecule has 0 fully saturated rings. The lowest BCUT2D eigenvalue weighted by Crippen LogP contribution is -2.36. The summed E-state index contributed by atoms with van der Waals surface area (Å²) in [6.45, 7) is 4.55. The molecule has 1 aliphatic carbocycles. The molecule has 90 valence electrons. The molecule has 0 N–H and O–H groups in total. The Morgan fingerprint density at radius 3 is 2.88 bits per heavy atom. The molecule has 0 aromatic carbocycles. The Balaban J connectivity index is 1.82. The average molecular weight is 220 g/mol. The van der Waals surface area contributed by atoms with Gasteiger partial charge in [-0.15, -0.1) is 0 Å². The van der Waals surface area contributed by atoms with Crippen molar-refractivity contribution in [3.63, 3.8) is 0 Å². The summed E-state index contributed by atoms with van der Waals surface area (Å²) in [5.41, 5.74) is 1.66. The molecule has 2 unspecified atom stereocenters. The van der Waals surface area contributed by atoms with E-state index in [0.29, 0.717) is 0 Å². The Labute approximate surface area is 99.4 Å². The van der Waals surface area contributed by atoms with Crippen LogP contribution < -0.4 is 0 Å². The normalized spacial score (nSPS) is 30.6. The van der Waals surface area contributed by atoms with Gasteiger partial charge >= 0.3 is 0 Å². The number of aliphatic imine (C=N–C) groups is 1. The summed E-state index contributed by atoms with van der Waals surface area (Å²) in [7, 11) is 2.27. The van der Waals surface area contributed by atoms with Crippen LogP contribution >= 0.6 is 0 Å². The molecule has 2 aliphatic rings. The van der Waals surface area contributed by atoms with Gasteiger partial charge in [-0.25, -0.2) is 0 Å². The maximum atomic E-state index is 4.30. The fourth-order valence-electron chi connectivity index (χ4n) is 2.64. The largest absolute Gasteiger partial charge is 0.299 e. The summed E-state index contributed by atoms with van der Waals surface area (Å²) in [6, 6.07) is 0.720. The van der Waals surface area contributed by atoms with E-state index in [2.05, 4.69) is 36.2 Å². The number of likely N-dealkylation sites (N-methyl/N-ethyl adjacent to an activating group) is 1. The number of hydrogen-bond donors (Lipinski definition) is 0. The van der Waals surface area contributed by atoms with E-state index < -0.39 is 0 Å². The predicted molar refractivity (Wildman–Crippen MR) is 70.1 cm³/mol. The van der Waals surface area contributed by atoms with Gasteiger partial charge in [-0.2, -0.15) is 0 Å². The summed E-state index contributed by atoms with van der Waals surface area (Å²) in [6.07, 6.45) is 10.9. The second-order valence-corrected chi connectivity index (χ2v) is 5.42. The van der Waals surface area contributed by atoms with Crippen molar-refractivity contribution in [2.75, 3.05) is 20.1 Å². The van der Waals surface area contributed by atoms with Gasteiger partial charge in [0.05, 0.1) is 0 Å². The maximum Gasteiger partial charge on any atom is 0.0400 e. The highest BCUT2D eigenvalue weighted by Crippen LogP contribution is 2.24. The monoisotopic (exact) mass is 220 g/mol. The van der Waals surface area contributed by atoms with Gasteiger partial charge in [-0.3, -0.25) is 9.89 Å². The Kier molecular flexibility index (Phi) is 4.16. The van der Waals surface area contributed by atoms with Crippen LogP contribution in [-0.4, -0.2) is 37.3 Å². The van der Waals surface area contributed by atoms with Crippen LogP contribution in [0, 0.1) is 5.92 Å². The molecule has 0 amide bonds. The van der Waals surface area contributed by atoms with Crippen molar-refractivity contribution in [3.8, 4) is 0 Å². The molecule has 0 spiro atoms. The van der Waals surface area contributed by atoms with E-state index in [4.69, 9.17) is 0 Å². The molecule has 0 radical (unpaired) electrons. The minimum atomic E-state index is 0.720. The second kappa shape index (κ2) is 5.62. The van der Waals surface area contributed by atoms with E-state index in [1.165, 1.54) is 32.2 Å². The van der Waals surface area contributed by atoms with Crippen molar-refractivity contribution in [1.82, 2.24) is 4.90 Å². The lowest BCUT2D eigenvalue weighted by molar-refractivity contribution is 0.248. The molecule has 2 heteroatoms. The molecule has 0 aromatic heterocycles. The lowest BCUT2D eigenvalue weighted by Gasteiger charge is -2.30. The van der Waals surface area contributed by atoms with E-state index in [1.54, 1.807) is 5.57 Å². The molecule has 16 heavy (non-hydrogen) atoms. The topological polar surface area (TPSA) is 15.6 Å². The van der Waals surface area contributed by atoms with Gasteiger partial charge in [0.15, 0.2) is 0 Å². The van der Waals surface area contributed by atoms with E-state index in [9.17, 15) is 0 Å². The molecule has 2 atom stereocenters. The zero-order chi connectivity index (χ0) is 11.4. The van der Waals surface area contributed by atoms with Crippen molar-refractivity contribution in [1.29, 1.82) is 0 Å². The fraction of sp³-hybridized carbons (Fsp3) is 0.786. The van der Waals surface area contributed by atoms with Gasteiger partial charge in [-0.05, 0) is 45.1 Å². The summed E-state index contributed by atoms with van der Waals surface area (Å²) >= 11 is 0. The standard InChI is InChI=1S/C14H24N2/c1-12-3-5-13(6-4-12)11-16(2)14-7-9-15-10-8-14/h5,9,12,14H,3-4,6-8,10-11H2,1-2H3. The summed E-state index contributed by atoms with van der Waals surface area (Å²) in [5, 5.41) is 0. The van der Waals surface area contributed by atoms with Crippen molar-refractivity contribution < 1.29 is 0 Å². The molecular formula is C14H24N2. The number of rotatable bonds is 3. The van der Waals surface area contributed by atoms with Crippen molar-refractivity contribution in [2.45, 2.75) is 45.1 Å². The van der Waals surface area contributed by atoms with Gasteiger partial charge in [0.25, 0.3) is 0 Å². The van der Waals surface area contributed by atoms with Gasteiger partial charge in [0, 0.05) is 25.3 Å². The minimum absolute atomic E-state index is 0.720. The first-order valence-corrected chi connectivity index (χ1v) is 6.62. The number of allylic oxidation sites excluding steroid dienone is 1. The minimum Gasteiger partial charge on any atom is -0.299 e. The SMILES string of the molecule is CC1CC=C(CN(C)C2CC=NCC2)CC1. The smallest absolute Gasteiger partial charge is 0.0400 e. The first-order chi connectivity index (χ1) is 7.75. The van der Waals surface area contributed by atoms with Crippen LogP contribution in [0.4, 0.5) is 0 Å². The molecule has 1 aliphatic heterocycles. The van der Waals surface area contributed by atoms with Gasteiger partial charge in [0.1, 0.15) is 0 Å². The van der Waals surface area contributed by atoms with Crippen molar-refractivity contribution in [2.24, 2.45) is 10.9 Å². The highest BCUT2D eigenvalue weighted by Gasteiger charge is 2.18. The molecule has 0 saturated heterocycles. The van der Waals surface area contributed by atoms with Crippen LogP contribution in [0.15, 0.2) is 16.6 Å². The Bertz CT molecular complexity index is 280. The fourth-order valence-corrected chi connectivity index (χ4v) is 2.64. The second-order valence-electron chi connectivity index (χ2n) is 5.42. The lowest BCUT2D eigenvalue weighted by atomic mass is 9.90. The van der Waals surface area contributed by atoms with E-state index in [0.717, 1.165) is 24.9 Å². The zero-order valence-electron chi connectivity index (χ0n) is 10.7. The molecule has 0 saturated carbocycles. The van der Waals surface area contributed by atoms with Gasteiger partial charge in [0.2, 0.25) is 0 Å². The molecular weight excluding hydrogens is 196 g/mol. The van der Waals surface area contributed by atoms with Crippen LogP contribution in [-0.2, 0) is 0 Å². The van der Waals surface area contributed by atoms with Crippen LogP contribution in [0.2, 0.25) is 0 Å². The van der Waals surface area contributed by atoms with E-state index >= 15 is 0 Å². The predicted octanol–water partition coefficient (Wildman–Crippen LogP) is 2.90. The first kappa shape index (κ1) is 11.8. The quantitative estimate of drug-likeness (QED) is 0.668. The Hall–Kier alpha value is -0.630. The molecule has 0 aromatic rings. The summed E-state index contributed by atoms with van der Waals surface area (Å²) < 4.78 is 0. The Morgan fingerprint density at radius 1 is 1.38 bits per heavy atom. The zero-order valence-corrected chi connectivity index (χ0v) is 10.7.